The molecule has 2 aromatic rings. The summed E-state index contributed by atoms with van der Waals surface area (Å²) in [6.07, 6.45) is 4.28. The molecule has 38 heavy (non-hydrogen) atoms. The predicted molar refractivity (Wildman–Crippen MR) is 166 cm³/mol. The molecule has 0 N–H and O–H groups in total. The summed E-state index contributed by atoms with van der Waals surface area (Å²) in [6.45, 7) is 4.09. The Bertz CT molecular complexity index is 1000. The lowest BCUT2D eigenvalue weighted by molar-refractivity contribution is 0.128. The third-order valence-electron chi connectivity index (χ3n) is 5.62. The van der Waals surface area contributed by atoms with E-state index in [0.29, 0.717) is 60.7 Å². The first kappa shape index (κ1) is 29.2. The molecule has 0 radical (unpaired) electrons. The van der Waals surface area contributed by atoms with Gasteiger partial charge in [0.15, 0.2) is 0 Å². The molecule has 6 nitrogen and oxygen atoms in total. The lowest BCUT2D eigenvalue weighted by Gasteiger charge is -2.11. The van der Waals surface area contributed by atoms with Crippen LogP contribution >= 0.6 is 70.6 Å². The fraction of sp³-hybridized carbons (Fsp3) is 0.462. The number of aromatic nitrogens is 2. The second-order valence-electron chi connectivity index (χ2n) is 8.42. The van der Waals surface area contributed by atoms with Crippen molar-refractivity contribution in [1.29, 1.82) is 0 Å². The summed E-state index contributed by atoms with van der Waals surface area (Å²) in [7, 11) is 0. The quantitative estimate of drug-likeness (QED) is 0.347. The van der Waals surface area contributed by atoms with Gasteiger partial charge in [-0.05, 0) is 36.8 Å². The Morgan fingerprint density at radius 3 is 1.08 bits per heavy atom. The molecule has 3 aliphatic rings. The molecule has 0 atom stereocenters. The lowest BCUT2D eigenvalue weighted by atomic mass is 10.3. The predicted octanol–water partition coefficient (Wildman–Crippen LogP) is 6.93. The minimum Gasteiger partial charge on any atom is -0.370 e. The van der Waals surface area contributed by atoms with E-state index in [-0.39, 0.29) is 0 Å². The smallest absolute Gasteiger partial charge is 0.104 e. The Balaban J connectivity index is 1.30. The van der Waals surface area contributed by atoms with Gasteiger partial charge in [0, 0.05) is 19.6 Å². The summed E-state index contributed by atoms with van der Waals surface area (Å²) < 4.78 is 25.3. The molecule has 4 bridgehead atoms. The normalized spacial score (nSPS) is 21.1. The number of fused-ring (bicyclic) bond motifs is 4. The van der Waals surface area contributed by atoms with Crippen molar-refractivity contribution >= 4 is 70.6 Å². The zero-order valence-corrected chi connectivity index (χ0v) is 26.2. The Kier molecular flexibility index (Phi) is 11.6. The SMILES string of the molecule is CSC1SC2=C(COCc3cccc(n3)COCC3=C(COCc4cccc(n4)COC2)SC(SC)S3)S1. The lowest BCUT2D eigenvalue weighted by Crippen LogP contribution is -2.06. The molecule has 12 heteroatoms. The van der Waals surface area contributed by atoms with E-state index in [0.717, 1.165) is 22.8 Å². The van der Waals surface area contributed by atoms with Gasteiger partial charge in [0.1, 0.15) is 7.83 Å². The van der Waals surface area contributed by atoms with Crippen LogP contribution in [0.3, 0.4) is 0 Å². The molecule has 5 heterocycles. The molecule has 0 unspecified atom stereocenters. The molecule has 0 saturated carbocycles. The molecule has 0 saturated heterocycles. The van der Waals surface area contributed by atoms with Crippen LogP contribution in [0.1, 0.15) is 22.8 Å². The maximum atomic E-state index is 6.11. The van der Waals surface area contributed by atoms with E-state index in [2.05, 4.69) is 12.5 Å². The largest absolute Gasteiger partial charge is 0.370 e. The van der Waals surface area contributed by atoms with Gasteiger partial charge in [-0.1, -0.05) is 12.1 Å². The Hall–Kier alpha value is -0.280. The molecule has 0 aromatic carbocycles. The highest BCUT2D eigenvalue weighted by Gasteiger charge is 2.27. The highest BCUT2D eigenvalue weighted by molar-refractivity contribution is 8.36. The fourth-order valence-corrected chi connectivity index (χ4v) is 11.4. The summed E-state index contributed by atoms with van der Waals surface area (Å²) in [5.41, 5.74) is 3.65. The second kappa shape index (κ2) is 15.1. The summed E-state index contributed by atoms with van der Waals surface area (Å²) in [6, 6.07) is 12.1. The first-order valence-corrected chi connectivity index (χ1v) is 18.2. The molecule has 3 aliphatic heterocycles. The van der Waals surface area contributed by atoms with E-state index in [4.69, 9.17) is 28.9 Å². The monoisotopic (exact) mass is 626 g/mol. The van der Waals surface area contributed by atoms with Gasteiger partial charge < -0.3 is 18.9 Å². The highest BCUT2D eigenvalue weighted by atomic mass is 32.3. The molecule has 0 aliphatic carbocycles. The number of hydrogen-bond donors (Lipinski definition) is 0. The Labute approximate surface area is 250 Å². The first-order chi connectivity index (χ1) is 18.7. The third-order valence-corrected chi connectivity index (χ3v) is 14.6. The van der Waals surface area contributed by atoms with Crippen LogP contribution in [0.25, 0.3) is 0 Å². The fourth-order valence-electron chi connectivity index (χ4n) is 3.80. The van der Waals surface area contributed by atoms with Crippen molar-refractivity contribution in [3.63, 3.8) is 0 Å². The average Bonchev–Trinajstić information content (AvgIpc) is 3.52. The van der Waals surface area contributed by atoms with Crippen LogP contribution in [0.15, 0.2) is 56.0 Å². The minimum absolute atomic E-state index is 0.427. The van der Waals surface area contributed by atoms with Crippen molar-refractivity contribution in [2.24, 2.45) is 0 Å². The number of rotatable bonds is 2. The van der Waals surface area contributed by atoms with Gasteiger partial charge in [-0.25, -0.2) is 0 Å². The standard InChI is InChI=1S/C26H30N2O4S6/c1-33-25-35-21-13-29-9-17-5-3-7-19(27-17)11-31-15-23-24(38-26(34-2)37-23)16-32-12-20-8-4-6-18(28-20)10-30-14-22(21)36-25/h3-8,25-26H,9-16H2,1-2H3. The maximum absolute atomic E-state index is 6.11. The van der Waals surface area contributed by atoms with Crippen molar-refractivity contribution in [3.8, 4) is 0 Å². The van der Waals surface area contributed by atoms with Crippen molar-refractivity contribution in [2.75, 3.05) is 38.9 Å². The van der Waals surface area contributed by atoms with Crippen molar-refractivity contribution in [1.82, 2.24) is 9.97 Å². The molecular weight excluding hydrogens is 597 g/mol. The Morgan fingerprint density at radius 1 is 0.526 bits per heavy atom. The molecular formula is C26H30N2O4S6. The minimum atomic E-state index is 0.427. The van der Waals surface area contributed by atoms with Gasteiger partial charge in [0.05, 0.1) is 75.6 Å². The van der Waals surface area contributed by atoms with Crippen molar-refractivity contribution < 1.29 is 18.9 Å². The van der Waals surface area contributed by atoms with E-state index in [1.165, 1.54) is 19.6 Å². The molecule has 2 aromatic heterocycles. The molecule has 0 spiro atoms. The Morgan fingerprint density at radius 2 is 0.816 bits per heavy atom. The van der Waals surface area contributed by atoms with E-state index in [1.807, 2.05) is 107 Å². The van der Waals surface area contributed by atoms with Gasteiger partial charge in [0.25, 0.3) is 0 Å². The highest BCUT2D eigenvalue weighted by Crippen LogP contribution is 2.51. The van der Waals surface area contributed by atoms with Crippen LogP contribution < -0.4 is 0 Å². The van der Waals surface area contributed by atoms with E-state index < -0.39 is 0 Å². The number of hydrogen-bond acceptors (Lipinski definition) is 12. The van der Waals surface area contributed by atoms with Crippen LogP contribution in [-0.2, 0) is 45.4 Å². The van der Waals surface area contributed by atoms with Crippen molar-refractivity contribution in [3.05, 3.63) is 78.8 Å². The molecule has 0 fully saturated rings. The topological polar surface area (TPSA) is 62.7 Å². The van der Waals surface area contributed by atoms with E-state index in [1.54, 1.807) is 0 Å². The van der Waals surface area contributed by atoms with Gasteiger partial charge >= 0.3 is 0 Å². The van der Waals surface area contributed by atoms with E-state index >= 15 is 0 Å². The summed E-state index contributed by atoms with van der Waals surface area (Å²) in [4.78, 5) is 14.5. The number of ether oxygens (including phenoxy) is 4. The number of nitrogens with zero attached hydrogens (tertiary/aromatic N) is 2. The zero-order valence-electron chi connectivity index (χ0n) is 21.3. The van der Waals surface area contributed by atoms with Gasteiger partial charge in [-0.15, -0.1) is 70.6 Å². The molecule has 0 amide bonds. The second-order valence-corrected chi connectivity index (χ2v) is 16.9. The van der Waals surface area contributed by atoms with Crippen LogP contribution in [0.2, 0.25) is 0 Å². The van der Waals surface area contributed by atoms with Crippen LogP contribution in [0.5, 0.6) is 0 Å². The maximum Gasteiger partial charge on any atom is 0.104 e. The van der Waals surface area contributed by atoms with Gasteiger partial charge in [-0.2, -0.15) is 0 Å². The van der Waals surface area contributed by atoms with Crippen molar-refractivity contribution in [2.45, 2.75) is 34.3 Å². The van der Waals surface area contributed by atoms with Crippen LogP contribution in [-0.4, -0.2) is 56.7 Å². The van der Waals surface area contributed by atoms with Crippen LogP contribution in [0.4, 0.5) is 0 Å². The summed E-state index contributed by atoms with van der Waals surface area (Å²) >= 11 is 11.1. The van der Waals surface area contributed by atoms with E-state index in [9.17, 15) is 0 Å². The average molecular weight is 627 g/mol. The summed E-state index contributed by atoms with van der Waals surface area (Å²) in [5.74, 6) is 0. The first-order valence-electron chi connectivity index (χ1n) is 12.1. The van der Waals surface area contributed by atoms with Gasteiger partial charge in [-0.3, -0.25) is 9.97 Å². The van der Waals surface area contributed by atoms with Gasteiger partial charge in [0.2, 0.25) is 0 Å². The number of pyridine rings is 2. The zero-order chi connectivity index (χ0) is 26.2. The molecule has 5 rings (SSSR count). The molecule has 204 valence electrons. The summed E-state index contributed by atoms with van der Waals surface area (Å²) in [5, 5.41) is 0. The van der Waals surface area contributed by atoms with Crippen LogP contribution in [0, 0.1) is 0 Å². The third kappa shape index (κ3) is 8.37. The number of thioether (sulfide) groups is 6.